The minimum atomic E-state index is -0.497. The topological polar surface area (TPSA) is 61.8 Å². The maximum Gasteiger partial charge on any atom is 0.252 e. The Bertz CT molecular complexity index is 795. The third kappa shape index (κ3) is 3.81. The van der Waals surface area contributed by atoms with Gasteiger partial charge in [-0.05, 0) is 54.8 Å². The van der Waals surface area contributed by atoms with Crippen LogP contribution in [0.4, 0.5) is 5.69 Å². The summed E-state index contributed by atoms with van der Waals surface area (Å²) in [5, 5.41) is 13.4. The molecule has 2 aliphatic heterocycles. The van der Waals surface area contributed by atoms with Gasteiger partial charge in [-0.2, -0.15) is 0 Å². The van der Waals surface area contributed by atoms with Crippen LogP contribution in [-0.2, 0) is 10.3 Å². The molecule has 0 aliphatic carbocycles. The van der Waals surface area contributed by atoms with Gasteiger partial charge in [0.25, 0.3) is 5.91 Å². The van der Waals surface area contributed by atoms with Gasteiger partial charge in [-0.15, -0.1) is 0 Å². The van der Waals surface area contributed by atoms with Crippen LogP contribution in [0.25, 0.3) is 0 Å². The summed E-state index contributed by atoms with van der Waals surface area (Å²) in [7, 11) is 0. The molecule has 0 bridgehead atoms. The first kappa shape index (κ1) is 18.3. The summed E-state index contributed by atoms with van der Waals surface area (Å²) in [5.41, 5.74) is 2.20. The fraction of sp³-hybridized carbons (Fsp3) is 0.381. The van der Waals surface area contributed by atoms with E-state index in [-0.39, 0.29) is 12.0 Å². The molecule has 0 unspecified atom stereocenters. The second kappa shape index (κ2) is 7.50. The molecule has 0 spiro atoms. The SMILES string of the molecule is O=C(NC1(c2ccc(Cl)cc2)COC1)c1ccc(N2CCC(O)CC2)cc1. The smallest absolute Gasteiger partial charge is 0.252 e. The monoisotopic (exact) mass is 386 g/mol. The second-order valence-electron chi connectivity index (χ2n) is 7.30. The van der Waals surface area contributed by atoms with Crippen LogP contribution in [0.2, 0.25) is 5.02 Å². The van der Waals surface area contributed by atoms with Gasteiger partial charge in [0.2, 0.25) is 0 Å². The summed E-state index contributed by atoms with van der Waals surface area (Å²) < 4.78 is 5.39. The Morgan fingerprint density at radius 1 is 1.07 bits per heavy atom. The van der Waals surface area contributed by atoms with Gasteiger partial charge in [0.15, 0.2) is 0 Å². The first-order valence-electron chi connectivity index (χ1n) is 9.25. The standard InChI is InChI=1S/C21H23ClN2O3/c22-17-5-3-16(4-6-17)21(13-27-14-21)23-20(26)15-1-7-18(8-2-15)24-11-9-19(25)10-12-24/h1-8,19,25H,9-14H2,(H,23,26). The molecule has 2 fully saturated rings. The Balaban J connectivity index is 1.45. The average Bonchev–Trinajstić information content (AvgIpc) is 2.66. The van der Waals surface area contributed by atoms with Crippen LogP contribution < -0.4 is 10.2 Å². The minimum Gasteiger partial charge on any atom is -0.393 e. The average molecular weight is 387 g/mol. The van der Waals surface area contributed by atoms with Crippen LogP contribution >= 0.6 is 11.6 Å². The lowest BCUT2D eigenvalue weighted by molar-refractivity contribution is -0.0733. The third-order valence-corrected chi connectivity index (χ3v) is 5.66. The number of halogens is 1. The van der Waals surface area contributed by atoms with Crippen molar-refractivity contribution in [3.05, 3.63) is 64.7 Å². The largest absolute Gasteiger partial charge is 0.393 e. The molecular formula is C21H23ClN2O3. The molecule has 0 aromatic heterocycles. The molecule has 6 heteroatoms. The van der Waals surface area contributed by atoms with E-state index in [1.165, 1.54) is 0 Å². The van der Waals surface area contributed by atoms with Crippen molar-refractivity contribution in [1.29, 1.82) is 0 Å². The summed E-state index contributed by atoms with van der Waals surface area (Å²) in [5.74, 6) is -0.117. The number of ether oxygens (including phenoxy) is 1. The van der Waals surface area contributed by atoms with Crippen molar-refractivity contribution in [2.75, 3.05) is 31.2 Å². The number of rotatable bonds is 4. The molecule has 142 valence electrons. The van der Waals surface area contributed by atoms with E-state index in [1.54, 1.807) is 0 Å². The molecule has 2 heterocycles. The van der Waals surface area contributed by atoms with Gasteiger partial charge in [-0.25, -0.2) is 0 Å². The Morgan fingerprint density at radius 3 is 2.26 bits per heavy atom. The molecule has 5 nitrogen and oxygen atoms in total. The molecule has 2 aromatic carbocycles. The van der Waals surface area contributed by atoms with Gasteiger partial charge in [0.05, 0.1) is 19.3 Å². The van der Waals surface area contributed by atoms with Crippen molar-refractivity contribution in [2.45, 2.75) is 24.5 Å². The van der Waals surface area contributed by atoms with Crippen molar-refractivity contribution >= 4 is 23.2 Å². The summed E-state index contributed by atoms with van der Waals surface area (Å²) in [6, 6.07) is 15.2. The number of piperidine rings is 1. The van der Waals surface area contributed by atoms with Crippen LogP contribution in [-0.4, -0.2) is 43.4 Å². The van der Waals surface area contributed by atoms with Crippen molar-refractivity contribution in [3.63, 3.8) is 0 Å². The zero-order valence-corrected chi connectivity index (χ0v) is 15.8. The number of hydrogen-bond acceptors (Lipinski definition) is 4. The molecule has 4 rings (SSSR count). The lowest BCUT2D eigenvalue weighted by Crippen LogP contribution is -2.59. The maximum absolute atomic E-state index is 12.8. The van der Waals surface area contributed by atoms with Gasteiger partial charge in [0.1, 0.15) is 5.54 Å². The van der Waals surface area contributed by atoms with Crippen molar-refractivity contribution in [3.8, 4) is 0 Å². The number of hydrogen-bond donors (Lipinski definition) is 2. The predicted octanol–water partition coefficient (Wildman–Crippen LogP) is 2.96. The zero-order valence-electron chi connectivity index (χ0n) is 15.0. The highest BCUT2D eigenvalue weighted by Gasteiger charge is 2.41. The number of benzene rings is 2. The normalized spacial score (nSPS) is 19.4. The number of nitrogens with one attached hydrogen (secondary N) is 1. The molecular weight excluding hydrogens is 364 g/mol. The van der Waals surface area contributed by atoms with Gasteiger partial charge in [-0.1, -0.05) is 23.7 Å². The van der Waals surface area contributed by atoms with Crippen LogP contribution in [0.1, 0.15) is 28.8 Å². The Labute approximate surface area is 163 Å². The first-order chi connectivity index (χ1) is 13.1. The number of aliphatic hydroxyl groups is 1. The molecule has 2 N–H and O–H groups in total. The molecule has 1 amide bonds. The van der Waals surface area contributed by atoms with Gasteiger partial charge in [-0.3, -0.25) is 4.79 Å². The van der Waals surface area contributed by atoms with Crippen LogP contribution in [0.15, 0.2) is 48.5 Å². The van der Waals surface area contributed by atoms with E-state index in [0.29, 0.717) is 23.8 Å². The highest BCUT2D eigenvalue weighted by Crippen LogP contribution is 2.31. The van der Waals surface area contributed by atoms with E-state index >= 15 is 0 Å². The number of aliphatic hydroxyl groups excluding tert-OH is 1. The van der Waals surface area contributed by atoms with E-state index in [4.69, 9.17) is 16.3 Å². The Hall–Kier alpha value is -2.08. The molecule has 0 saturated carbocycles. The van der Waals surface area contributed by atoms with E-state index < -0.39 is 5.54 Å². The van der Waals surface area contributed by atoms with Crippen LogP contribution in [0, 0.1) is 0 Å². The lowest BCUT2D eigenvalue weighted by atomic mass is 9.87. The van der Waals surface area contributed by atoms with Crippen molar-refractivity contribution in [1.82, 2.24) is 5.32 Å². The Kier molecular flexibility index (Phi) is 5.08. The third-order valence-electron chi connectivity index (χ3n) is 5.41. The first-order valence-corrected chi connectivity index (χ1v) is 9.63. The summed E-state index contributed by atoms with van der Waals surface area (Å²) in [6.07, 6.45) is 1.37. The molecule has 2 aromatic rings. The number of anilines is 1. The fourth-order valence-corrected chi connectivity index (χ4v) is 3.75. The molecule has 0 radical (unpaired) electrons. The second-order valence-corrected chi connectivity index (χ2v) is 7.74. The van der Waals surface area contributed by atoms with Crippen LogP contribution in [0.5, 0.6) is 0 Å². The number of amides is 1. The molecule has 2 aliphatic rings. The quantitative estimate of drug-likeness (QED) is 0.848. The maximum atomic E-state index is 12.8. The van der Waals surface area contributed by atoms with E-state index in [9.17, 15) is 9.90 Å². The molecule has 0 atom stereocenters. The summed E-state index contributed by atoms with van der Waals surface area (Å²) in [4.78, 5) is 15.0. The number of carbonyl (C=O) groups is 1. The highest BCUT2D eigenvalue weighted by atomic mass is 35.5. The fourth-order valence-electron chi connectivity index (χ4n) is 3.62. The van der Waals surface area contributed by atoms with Gasteiger partial charge >= 0.3 is 0 Å². The van der Waals surface area contributed by atoms with E-state index in [0.717, 1.165) is 37.2 Å². The number of nitrogens with zero attached hydrogens (tertiary/aromatic N) is 1. The summed E-state index contributed by atoms with van der Waals surface area (Å²) in [6.45, 7) is 2.58. The summed E-state index contributed by atoms with van der Waals surface area (Å²) >= 11 is 5.97. The van der Waals surface area contributed by atoms with Crippen LogP contribution in [0.3, 0.4) is 0 Å². The molecule has 2 saturated heterocycles. The van der Waals surface area contributed by atoms with E-state index in [2.05, 4.69) is 10.2 Å². The van der Waals surface area contributed by atoms with Gasteiger partial charge in [0, 0.05) is 29.4 Å². The highest BCUT2D eigenvalue weighted by molar-refractivity contribution is 6.30. The van der Waals surface area contributed by atoms with Crippen molar-refractivity contribution in [2.24, 2.45) is 0 Å². The van der Waals surface area contributed by atoms with E-state index in [1.807, 2.05) is 48.5 Å². The lowest BCUT2D eigenvalue weighted by Gasteiger charge is -2.42. The van der Waals surface area contributed by atoms with Crippen molar-refractivity contribution < 1.29 is 14.6 Å². The number of carbonyl (C=O) groups excluding carboxylic acids is 1. The molecule has 27 heavy (non-hydrogen) atoms. The minimum absolute atomic E-state index is 0.117. The van der Waals surface area contributed by atoms with Gasteiger partial charge < -0.3 is 20.1 Å². The predicted molar refractivity (Wildman–Crippen MR) is 105 cm³/mol. The zero-order chi connectivity index (χ0) is 18.9. The Morgan fingerprint density at radius 2 is 1.70 bits per heavy atom.